The molecule has 1 heterocycles. The summed E-state index contributed by atoms with van der Waals surface area (Å²) in [4.78, 5) is 13.6. The molecule has 0 saturated heterocycles. The zero-order valence-corrected chi connectivity index (χ0v) is 16.9. The molecule has 1 aromatic heterocycles. The molecule has 0 saturated carbocycles. The van der Waals surface area contributed by atoms with E-state index in [1.165, 1.54) is 16.8 Å². The van der Waals surface area contributed by atoms with Crippen LogP contribution in [0, 0.1) is 13.8 Å². The molecule has 0 spiro atoms. The highest BCUT2D eigenvalue weighted by molar-refractivity contribution is 7.09. The molecule has 0 aliphatic heterocycles. The van der Waals surface area contributed by atoms with Crippen molar-refractivity contribution in [2.24, 2.45) is 4.99 Å². The highest BCUT2D eigenvalue weighted by atomic mass is 32.1. The van der Waals surface area contributed by atoms with Gasteiger partial charge in [0.05, 0.1) is 23.8 Å². The molecule has 0 fully saturated rings. The third-order valence-corrected chi connectivity index (χ3v) is 4.83. The van der Waals surface area contributed by atoms with E-state index in [-0.39, 0.29) is 0 Å². The van der Waals surface area contributed by atoms with Gasteiger partial charge in [0.2, 0.25) is 0 Å². The quantitative estimate of drug-likeness (QED) is 0.634. The summed E-state index contributed by atoms with van der Waals surface area (Å²) in [6.45, 7) is 8.54. The van der Waals surface area contributed by atoms with Gasteiger partial charge in [0.1, 0.15) is 0 Å². The molecule has 0 aliphatic carbocycles. The van der Waals surface area contributed by atoms with Gasteiger partial charge >= 0.3 is 0 Å². The van der Waals surface area contributed by atoms with Gasteiger partial charge < -0.3 is 15.1 Å². The van der Waals surface area contributed by atoms with Gasteiger partial charge in [-0.2, -0.15) is 0 Å². The summed E-state index contributed by atoms with van der Waals surface area (Å²) in [5.41, 5.74) is 4.82. The van der Waals surface area contributed by atoms with E-state index < -0.39 is 0 Å². The lowest BCUT2D eigenvalue weighted by Crippen LogP contribution is -2.38. The first kappa shape index (κ1) is 19.2. The van der Waals surface area contributed by atoms with Crippen LogP contribution in [-0.2, 0) is 13.1 Å². The number of anilines is 1. The van der Waals surface area contributed by atoms with E-state index in [2.05, 4.69) is 78.7 Å². The Labute approximate surface area is 155 Å². The van der Waals surface area contributed by atoms with Gasteiger partial charge in [-0.3, -0.25) is 0 Å². The third kappa shape index (κ3) is 5.46. The van der Waals surface area contributed by atoms with Crippen LogP contribution in [0.4, 0.5) is 5.69 Å². The van der Waals surface area contributed by atoms with Crippen LogP contribution in [0.2, 0.25) is 0 Å². The van der Waals surface area contributed by atoms with Crippen molar-refractivity contribution in [3.63, 3.8) is 0 Å². The number of nitrogens with one attached hydrogen (secondary N) is 1. The number of thiazole rings is 1. The first-order chi connectivity index (χ1) is 11.9. The molecule has 0 atom stereocenters. The minimum atomic E-state index is 0.669. The molecule has 6 heteroatoms. The molecular weight excluding hydrogens is 330 g/mol. The van der Waals surface area contributed by atoms with Gasteiger partial charge in [-0.05, 0) is 44.0 Å². The van der Waals surface area contributed by atoms with Crippen LogP contribution < -0.4 is 10.2 Å². The number of hydrogen-bond donors (Lipinski definition) is 1. The lowest BCUT2D eigenvalue weighted by molar-refractivity contribution is 0.470. The van der Waals surface area contributed by atoms with Crippen LogP contribution in [0.25, 0.3) is 0 Å². The average molecular weight is 360 g/mol. The zero-order valence-electron chi connectivity index (χ0n) is 16.1. The van der Waals surface area contributed by atoms with Crippen LogP contribution in [0.1, 0.15) is 28.8 Å². The fraction of sp³-hybridized carbons (Fsp3) is 0.474. The Morgan fingerprint density at radius 1 is 1.24 bits per heavy atom. The number of hydrogen-bond acceptors (Lipinski definition) is 4. The standard InChI is InChI=1S/C19H29N5S/c1-7-20-19(24(6)12-17-13-25-15(3)22-17)21-11-16-8-9-18(23(4)5)10-14(16)2/h8-10,13H,7,11-12H2,1-6H3,(H,20,21). The Kier molecular flexibility index (Phi) is 6.82. The molecule has 136 valence electrons. The lowest BCUT2D eigenvalue weighted by Gasteiger charge is -2.21. The predicted octanol–water partition coefficient (Wildman–Crippen LogP) is 3.42. The summed E-state index contributed by atoms with van der Waals surface area (Å²) in [5.74, 6) is 0.907. The first-order valence-corrected chi connectivity index (χ1v) is 9.46. The molecule has 2 rings (SSSR count). The molecule has 2 aromatic rings. The average Bonchev–Trinajstić information content (AvgIpc) is 2.97. The fourth-order valence-electron chi connectivity index (χ4n) is 2.56. The number of nitrogens with zero attached hydrogens (tertiary/aromatic N) is 4. The number of aromatic nitrogens is 1. The van der Waals surface area contributed by atoms with Crippen LogP contribution in [0.5, 0.6) is 0 Å². The number of guanidine groups is 1. The number of rotatable bonds is 6. The minimum absolute atomic E-state index is 0.669. The van der Waals surface area contributed by atoms with Gasteiger partial charge in [-0.25, -0.2) is 9.98 Å². The Morgan fingerprint density at radius 3 is 2.56 bits per heavy atom. The maximum Gasteiger partial charge on any atom is 0.194 e. The lowest BCUT2D eigenvalue weighted by atomic mass is 10.1. The van der Waals surface area contributed by atoms with E-state index >= 15 is 0 Å². The van der Waals surface area contributed by atoms with E-state index in [0.29, 0.717) is 6.54 Å². The molecule has 25 heavy (non-hydrogen) atoms. The molecule has 1 N–H and O–H groups in total. The van der Waals surface area contributed by atoms with E-state index in [9.17, 15) is 0 Å². The summed E-state index contributed by atoms with van der Waals surface area (Å²) in [5, 5.41) is 6.58. The number of aryl methyl sites for hydroxylation is 2. The summed E-state index contributed by atoms with van der Waals surface area (Å²) in [6.07, 6.45) is 0. The molecule has 0 amide bonds. The van der Waals surface area contributed by atoms with Crippen molar-refractivity contribution in [2.75, 3.05) is 32.6 Å². The summed E-state index contributed by atoms with van der Waals surface area (Å²) >= 11 is 1.69. The van der Waals surface area contributed by atoms with Gasteiger partial charge in [-0.15, -0.1) is 11.3 Å². The number of aliphatic imine (C=N–C) groups is 1. The highest BCUT2D eigenvalue weighted by Crippen LogP contribution is 2.18. The zero-order chi connectivity index (χ0) is 18.4. The van der Waals surface area contributed by atoms with Crippen molar-refractivity contribution in [3.05, 3.63) is 45.4 Å². The van der Waals surface area contributed by atoms with Gasteiger partial charge in [-0.1, -0.05) is 6.07 Å². The monoisotopic (exact) mass is 359 g/mol. The summed E-state index contributed by atoms with van der Waals surface area (Å²) < 4.78 is 0. The topological polar surface area (TPSA) is 43.8 Å². The Hall–Kier alpha value is -2.08. The van der Waals surface area contributed by atoms with Crippen LogP contribution in [0.3, 0.4) is 0 Å². The fourth-order valence-corrected chi connectivity index (χ4v) is 3.17. The summed E-state index contributed by atoms with van der Waals surface area (Å²) in [7, 11) is 6.17. The van der Waals surface area contributed by atoms with E-state index in [4.69, 9.17) is 4.99 Å². The third-order valence-electron chi connectivity index (χ3n) is 4.00. The molecule has 0 radical (unpaired) electrons. The van der Waals surface area contributed by atoms with Crippen molar-refractivity contribution < 1.29 is 0 Å². The predicted molar refractivity (Wildman–Crippen MR) is 109 cm³/mol. The Balaban J connectivity index is 2.10. The molecular formula is C19H29N5S. The van der Waals surface area contributed by atoms with Crippen molar-refractivity contribution in [3.8, 4) is 0 Å². The highest BCUT2D eigenvalue weighted by Gasteiger charge is 2.09. The smallest absolute Gasteiger partial charge is 0.194 e. The van der Waals surface area contributed by atoms with Gasteiger partial charge in [0, 0.05) is 38.8 Å². The number of benzene rings is 1. The molecule has 0 unspecified atom stereocenters. The molecule has 5 nitrogen and oxygen atoms in total. The van der Waals surface area contributed by atoms with Crippen molar-refractivity contribution in [2.45, 2.75) is 33.9 Å². The van der Waals surface area contributed by atoms with E-state index in [1.54, 1.807) is 11.3 Å². The first-order valence-electron chi connectivity index (χ1n) is 8.58. The van der Waals surface area contributed by atoms with Crippen molar-refractivity contribution in [1.29, 1.82) is 0 Å². The van der Waals surface area contributed by atoms with Gasteiger partial charge in [0.25, 0.3) is 0 Å². The van der Waals surface area contributed by atoms with Crippen molar-refractivity contribution in [1.82, 2.24) is 15.2 Å². The van der Waals surface area contributed by atoms with Crippen LogP contribution >= 0.6 is 11.3 Å². The molecule has 0 bridgehead atoms. The maximum absolute atomic E-state index is 4.82. The van der Waals surface area contributed by atoms with Crippen LogP contribution in [0.15, 0.2) is 28.6 Å². The Morgan fingerprint density at radius 2 is 2.00 bits per heavy atom. The normalized spacial score (nSPS) is 11.5. The summed E-state index contributed by atoms with van der Waals surface area (Å²) in [6, 6.07) is 6.52. The van der Waals surface area contributed by atoms with E-state index in [0.717, 1.165) is 29.8 Å². The second-order valence-electron chi connectivity index (χ2n) is 6.39. The van der Waals surface area contributed by atoms with Crippen LogP contribution in [-0.4, -0.2) is 43.5 Å². The van der Waals surface area contributed by atoms with Crippen molar-refractivity contribution >= 4 is 23.0 Å². The Bertz CT molecular complexity index is 720. The minimum Gasteiger partial charge on any atom is -0.378 e. The molecule has 0 aliphatic rings. The second kappa shape index (κ2) is 8.85. The largest absolute Gasteiger partial charge is 0.378 e. The molecule has 1 aromatic carbocycles. The maximum atomic E-state index is 4.82. The van der Waals surface area contributed by atoms with E-state index in [1.807, 2.05) is 6.92 Å². The second-order valence-corrected chi connectivity index (χ2v) is 7.45. The SMILES string of the molecule is CCNC(=NCc1ccc(N(C)C)cc1C)N(C)Cc1csc(C)n1. The van der Waals surface area contributed by atoms with Gasteiger partial charge in [0.15, 0.2) is 5.96 Å².